The molecular weight excluding hydrogens is 386 g/mol. The van der Waals surface area contributed by atoms with E-state index >= 15 is 0 Å². The number of aromatic nitrogens is 1. The molecular formula is C26H31N3O2. The van der Waals surface area contributed by atoms with Crippen LogP contribution in [0.4, 0.5) is 0 Å². The van der Waals surface area contributed by atoms with Crippen LogP contribution in [0, 0.1) is 0 Å². The topological polar surface area (TPSA) is 54.3 Å². The summed E-state index contributed by atoms with van der Waals surface area (Å²) in [4.78, 5) is 27.5. The summed E-state index contributed by atoms with van der Waals surface area (Å²) in [5, 5.41) is 4.37. The Morgan fingerprint density at radius 2 is 1.71 bits per heavy atom. The molecule has 1 saturated heterocycles. The van der Waals surface area contributed by atoms with E-state index < -0.39 is 0 Å². The van der Waals surface area contributed by atoms with E-state index in [1.165, 1.54) is 5.39 Å². The van der Waals surface area contributed by atoms with Gasteiger partial charge in [-0.1, -0.05) is 55.5 Å². The molecule has 1 N–H and O–H groups in total. The molecule has 1 unspecified atom stereocenters. The van der Waals surface area contributed by atoms with Gasteiger partial charge in [-0.15, -0.1) is 0 Å². The van der Waals surface area contributed by atoms with E-state index in [1.54, 1.807) is 0 Å². The Labute approximate surface area is 184 Å². The number of piperidine rings is 1. The Hall–Kier alpha value is -3.08. The quantitative estimate of drug-likeness (QED) is 0.622. The number of nitrogens with one attached hydrogen (secondary N) is 1. The number of para-hydroxylation sites is 1. The highest BCUT2D eigenvalue weighted by Crippen LogP contribution is 2.24. The van der Waals surface area contributed by atoms with E-state index in [0.717, 1.165) is 30.3 Å². The van der Waals surface area contributed by atoms with Gasteiger partial charge in [0.2, 0.25) is 11.8 Å². The lowest BCUT2D eigenvalue weighted by Gasteiger charge is -2.34. The van der Waals surface area contributed by atoms with Crippen LogP contribution in [0.2, 0.25) is 0 Å². The first-order valence-corrected chi connectivity index (χ1v) is 11.3. The molecule has 5 heteroatoms. The zero-order chi connectivity index (χ0) is 21.6. The molecule has 2 amide bonds. The summed E-state index contributed by atoms with van der Waals surface area (Å²) in [6.07, 6.45) is 4.93. The number of fused-ring (bicyclic) bond motifs is 1. The highest BCUT2D eigenvalue weighted by atomic mass is 16.2. The summed E-state index contributed by atoms with van der Waals surface area (Å²) < 4.78 is 2.13. The molecule has 1 fully saturated rings. The predicted molar refractivity (Wildman–Crippen MR) is 124 cm³/mol. The smallest absolute Gasteiger partial charge is 0.230 e. The van der Waals surface area contributed by atoms with Crippen molar-refractivity contribution >= 4 is 22.7 Å². The van der Waals surface area contributed by atoms with Gasteiger partial charge in [-0.05, 0) is 42.3 Å². The number of nitrogens with zero attached hydrogens (tertiary/aromatic N) is 2. The lowest BCUT2D eigenvalue weighted by atomic mass is 9.93. The van der Waals surface area contributed by atoms with Gasteiger partial charge in [0.15, 0.2) is 0 Å². The zero-order valence-corrected chi connectivity index (χ0v) is 18.2. The van der Waals surface area contributed by atoms with Crippen molar-refractivity contribution in [3.05, 3.63) is 72.4 Å². The fourth-order valence-electron chi connectivity index (χ4n) is 4.56. The van der Waals surface area contributed by atoms with Crippen molar-refractivity contribution in [3.8, 4) is 0 Å². The van der Waals surface area contributed by atoms with Crippen LogP contribution in [0.3, 0.4) is 0 Å². The number of hydrogen-bond donors (Lipinski definition) is 1. The van der Waals surface area contributed by atoms with Gasteiger partial charge >= 0.3 is 0 Å². The molecule has 1 atom stereocenters. The van der Waals surface area contributed by atoms with Crippen LogP contribution in [-0.4, -0.2) is 40.4 Å². The van der Waals surface area contributed by atoms with E-state index in [-0.39, 0.29) is 23.8 Å². The maximum absolute atomic E-state index is 13.0. The van der Waals surface area contributed by atoms with Gasteiger partial charge in [0.25, 0.3) is 0 Å². The lowest BCUT2D eigenvalue weighted by Crippen LogP contribution is -2.47. The van der Waals surface area contributed by atoms with Gasteiger partial charge in [-0.3, -0.25) is 9.59 Å². The number of amides is 2. The fourth-order valence-corrected chi connectivity index (χ4v) is 4.56. The molecule has 4 rings (SSSR count). The van der Waals surface area contributed by atoms with E-state index in [4.69, 9.17) is 0 Å². The van der Waals surface area contributed by atoms with Crippen LogP contribution >= 0.6 is 0 Å². The van der Waals surface area contributed by atoms with Crippen LogP contribution in [-0.2, 0) is 16.1 Å². The van der Waals surface area contributed by atoms with Gasteiger partial charge < -0.3 is 14.8 Å². The minimum Gasteiger partial charge on any atom is -0.353 e. The van der Waals surface area contributed by atoms with Crippen LogP contribution in [0.15, 0.2) is 66.9 Å². The third-order valence-corrected chi connectivity index (χ3v) is 6.34. The van der Waals surface area contributed by atoms with E-state index in [0.29, 0.717) is 26.1 Å². The van der Waals surface area contributed by atoms with Gasteiger partial charge in [0, 0.05) is 43.8 Å². The molecule has 0 radical (unpaired) electrons. The van der Waals surface area contributed by atoms with Crippen LogP contribution in [0.1, 0.15) is 44.1 Å². The molecule has 162 valence electrons. The summed E-state index contributed by atoms with van der Waals surface area (Å²) in [5.41, 5.74) is 2.24. The first-order chi connectivity index (χ1) is 15.2. The molecule has 0 spiro atoms. The van der Waals surface area contributed by atoms with E-state index in [1.807, 2.05) is 53.6 Å². The number of benzene rings is 2. The van der Waals surface area contributed by atoms with E-state index in [2.05, 4.69) is 35.0 Å². The summed E-state index contributed by atoms with van der Waals surface area (Å²) in [6.45, 7) is 4.15. The standard InChI is InChI=1S/C26H31N3O2/c1-2-23(20-8-4-3-5-9-20)26(31)29-17-13-22(14-18-29)27-25(30)15-19-28-16-12-21-10-6-7-11-24(21)28/h3-12,16,22-23H,2,13-15,17-19H2,1H3,(H,27,30). The third-order valence-electron chi connectivity index (χ3n) is 6.34. The molecule has 1 aliphatic rings. The molecule has 2 aromatic carbocycles. The number of rotatable bonds is 7. The molecule has 1 aromatic heterocycles. The van der Waals surface area contributed by atoms with Crippen LogP contribution in [0.5, 0.6) is 0 Å². The maximum Gasteiger partial charge on any atom is 0.230 e. The number of likely N-dealkylation sites (tertiary alicyclic amines) is 1. The van der Waals surface area contributed by atoms with Crippen molar-refractivity contribution in [1.82, 2.24) is 14.8 Å². The predicted octanol–water partition coefficient (Wildman–Crippen LogP) is 4.33. The van der Waals surface area contributed by atoms with Crippen molar-refractivity contribution in [2.24, 2.45) is 0 Å². The number of carbonyl (C=O) groups is 2. The van der Waals surface area contributed by atoms with Crippen molar-refractivity contribution in [3.63, 3.8) is 0 Å². The highest BCUT2D eigenvalue weighted by Gasteiger charge is 2.28. The Morgan fingerprint density at radius 1 is 1.00 bits per heavy atom. The van der Waals surface area contributed by atoms with Crippen molar-refractivity contribution in [1.29, 1.82) is 0 Å². The number of hydrogen-bond acceptors (Lipinski definition) is 2. The molecule has 2 heterocycles. The Kier molecular flexibility index (Phi) is 6.70. The van der Waals surface area contributed by atoms with Crippen molar-refractivity contribution in [2.75, 3.05) is 13.1 Å². The molecule has 5 nitrogen and oxygen atoms in total. The largest absolute Gasteiger partial charge is 0.353 e. The van der Waals surface area contributed by atoms with Gasteiger partial charge in [0.1, 0.15) is 0 Å². The normalized spacial score (nSPS) is 15.7. The average molecular weight is 418 g/mol. The van der Waals surface area contributed by atoms with Crippen molar-refractivity contribution < 1.29 is 9.59 Å². The molecule has 0 bridgehead atoms. The molecule has 1 aliphatic heterocycles. The minimum atomic E-state index is -0.0799. The second-order valence-corrected chi connectivity index (χ2v) is 8.36. The highest BCUT2D eigenvalue weighted by molar-refractivity contribution is 5.84. The Balaban J connectivity index is 1.25. The van der Waals surface area contributed by atoms with E-state index in [9.17, 15) is 9.59 Å². The number of aryl methyl sites for hydroxylation is 1. The second kappa shape index (κ2) is 9.82. The summed E-state index contributed by atoms with van der Waals surface area (Å²) in [7, 11) is 0. The molecule has 0 saturated carbocycles. The minimum absolute atomic E-state index is 0.0799. The maximum atomic E-state index is 13.0. The Bertz CT molecular complexity index is 1020. The second-order valence-electron chi connectivity index (χ2n) is 8.36. The SMILES string of the molecule is CCC(C(=O)N1CCC(NC(=O)CCn2ccc3ccccc32)CC1)c1ccccc1. The summed E-state index contributed by atoms with van der Waals surface area (Å²) in [5.74, 6) is 0.208. The summed E-state index contributed by atoms with van der Waals surface area (Å²) in [6, 6.07) is 20.5. The lowest BCUT2D eigenvalue weighted by molar-refractivity contribution is -0.134. The van der Waals surface area contributed by atoms with Gasteiger partial charge in [-0.25, -0.2) is 0 Å². The third kappa shape index (κ3) is 4.98. The average Bonchev–Trinajstić information content (AvgIpc) is 3.22. The van der Waals surface area contributed by atoms with Crippen molar-refractivity contribution in [2.45, 2.75) is 51.1 Å². The Morgan fingerprint density at radius 3 is 2.45 bits per heavy atom. The van der Waals surface area contributed by atoms with Gasteiger partial charge in [-0.2, -0.15) is 0 Å². The summed E-state index contributed by atoms with van der Waals surface area (Å²) >= 11 is 0. The fraction of sp³-hybridized carbons (Fsp3) is 0.385. The molecule has 3 aromatic rings. The van der Waals surface area contributed by atoms with Crippen LogP contribution < -0.4 is 5.32 Å². The first-order valence-electron chi connectivity index (χ1n) is 11.3. The molecule has 31 heavy (non-hydrogen) atoms. The van der Waals surface area contributed by atoms with Gasteiger partial charge in [0.05, 0.1) is 5.92 Å². The first kappa shape index (κ1) is 21.2. The zero-order valence-electron chi connectivity index (χ0n) is 18.2. The molecule has 0 aliphatic carbocycles. The van der Waals surface area contributed by atoms with Crippen LogP contribution in [0.25, 0.3) is 10.9 Å². The number of carbonyl (C=O) groups excluding carboxylic acids is 2. The monoisotopic (exact) mass is 417 g/mol.